The van der Waals surface area contributed by atoms with E-state index in [1.54, 1.807) is 11.0 Å². The van der Waals surface area contributed by atoms with Gasteiger partial charge in [0.25, 0.3) is 5.91 Å². The predicted molar refractivity (Wildman–Crippen MR) is 136 cm³/mol. The predicted octanol–water partition coefficient (Wildman–Crippen LogP) is 4.29. The van der Waals surface area contributed by atoms with Gasteiger partial charge in [-0.05, 0) is 50.6 Å². The maximum absolute atomic E-state index is 12.4. The third-order valence-electron chi connectivity index (χ3n) is 4.40. The van der Waals surface area contributed by atoms with E-state index in [-0.39, 0.29) is 29.9 Å². The summed E-state index contributed by atoms with van der Waals surface area (Å²) >= 11 is 7.29. The topological polar surface area (TPSA) is 77.0 Å². The molecule has 0 bridgehead atoms. The van der Waals surface area contributed by atoms with Crippen molar-refractivity contribution in [3.8, 4) is 0 Å². The average molecular weight is 565 g/mol. The number of hydrogen-bond acceptors (Lipinski definition) is 4. The molecular weight excluding hydrogens is 535 g/mol. The van der Waals surface area contributed by atoms with Crippen molar-refractivity contribution in [2.75, 3.05) is 26.2 Å². The lowest BCUT2D eigenvalue weighted by atomic mass is 10.1. The van der Waals surface area contributed by atoms with Crippen molar-refractivity contribution < 1.29 is 9.90 Å². The molecule has 30 heavy (non-hydrogen) atoms. The number of aliphatic hydroxyl groups excluding tert-OH is 1. The summed E-state index contributed by atoms with van der Waals surface area (Å²) < 4.78 is 0.655. The van der Waals surface area contributed by atoms with Crippen LogP contribution in [0.4, 0.5) is 0 Å². The Morgan fingerprint density at radius 3 is 2.33 bits per heavy atom. The van der Waals surface area contributed by atoms with Crippen LogP contribution in [0.3, 0.4) is 0 Å². The highest BCUT2D eigenvalue weighted by molar-refractivity contribution is 14.0. The van der Waals surface area contributed by atoms with Crippen LogP contribution in [0.5, 0.6) is 0 Å². The number of nitrogens with one attached hydrogen (secondary N) is 2. The lowest BCUT2D eigenvalue weighted by Crippen LogP contribution is -2.39. The summed E-state index contributed by atoms with van der Waals surface area (Å²) in [6.45, 7) is 8.85. The second-order valence-corrected chi connectivity index (χ2v) is 8.15. The lowest BCUT2D eigenvalue weighted by molar-refractivity contribution is 0.0773. The Labute approximate surface area is 204 Å². The Morgan fingerprint density at radius 1 is 1.13 bits per heavy atom. The minimum absolute atomic E-state index is 0. The van der Waals surface area contributed by atoms with Gasteiger partial charge in [-0.15, -0.1) is 35.3 Å². The molecule has 0 spiro atoms. The van der Waals surface area contributed by atoms with E-state index in [2.05, 4.69) is 15.6 Å². The highest BCUT2D eigenvalue weighted by Gasteiger charge is 2.12. The summed E-state index contributed by atoms with van der Waals surface area (Å²) in [6, 6.07) is 11.1. The Morgan fingerprint density at radius 2 is 1.80 bits per heavy atom. The highest BCUT2D eigenvalue weighted by atomic mass is 127. The molecule has 0 radical (unpaired) electrons. The fourth-order valence-corrected chi connectivity index (χ4v) is 3.81. The minimum Gasteiger partial charge on any atom is -0.386 e. The van der Waals surface area contributed by atoms with E-state index in [0.717, 1.165) is 10.4 Å². The molecule has 1 atom stereocenters. The van der Waals surface area contributed by atoms with Gasteiger partial charge in [-0.25, -0.2) is 4.99 Å². The third kappa shape index (κ3) is 8.05. The van der Waals surface area contributed by atoms with Crippen LogP contribution in [0.2, 0.25) is 4.34 Å². The molecule has 2 aromatic rings. The van der Waals surface area contributed by atoms with E-state index in [4.69, 9.17) is 11.6 Å². The number of nitrogens with zero attached hydrogens (tertiary/aromatic N) is 2. The molecule has 0 aliphatic heterocycles. The molecular formula is C21H30ClIN4O2S. The number of benzene rings is 1. The zero-order chi connectivity index (χ0) is 21.2. The Kier molecular flexibility index (Phi) is 12.3. The summed E-state index contributed by atoms with van der Waals surface area (Å²) in [4.78, 5) is 19.6. The Hall–Kier alpha value is -1.36. The maximum Gasteiger partial charge on any atom is 0.253 e. The molecule has 1 aromatic heterocycles. The van der Waals surface area contributed by atoms with Gasteiger partial charge in [0.1, 0.15) is 6.10 Å². The quantitative estimate of drug-likeness (QED) is 0.241. The number of thiophene rings is 1. The third-order valence-corrected chi connectivity index (χ3v) is 5.73. The van der Waals surface area contributed by atoms with Crippen molar-refractivity contribution in [3.63, 3.8) is 0 Å². The first-order valence-corrected chi connectivity index (χ1v) is 11.0. The molecule has 0 fully saturated rings. The van der Waals surface area contributed by atoms with Gasteiger partial charge < -0.3 is 20.6 Å². The lowest BCUT2D eigenvalue weighted by Gasteiger charge is -2.18. The molecule has 166 valence electrons. The number of carbonyl (C=O) groups excluding carboxylic acids is 1. The zero-order valence-electron chi connectivity index (χ0n) is 17.5. The van der Waals surface area contributed by atoms with Crippen molar-refractivity contribution in [1.29, 1.82) is 0 Å². The standard InChI is InChI=1S/C21H29ClN4O2S.HI/c1-4-23-21(25-14-17(27)18-11-12-19(22)29-18)24-13-15-7-9-16(10-8-15)20(28)26(5-2)6-3;/h7-12,17,27H,4-6,13-14H2,1-3H3,(H2,23,24,25);1H. The summed E-state index contributed by atoms with van der Waals surface area (Å²) in [5.41, 5.74) is 1.69. The monoisotopic (exact) mass is 564 g/mol. The SMILES string of the molecule is CCNC(=NCc1ccc(C(=O)N(CC)CC)cc1)NCC(O)c1ccc(Cl)s1.I. The molecule has 1 aromatic carbocycles. The molecule has 9 heteroatoms. The molecule has 6 nitrogen and oxygen atoms in total. The van der Waals surface area contributed by atoms with Crippen LogP contribution in [0.15, 0.2) is 41.4 Å². The summed E-state index contributed by atoms with van der Waals surface area (Å²) in [7, 11) is 0. The number of amides is 1. The molecule has 1 amide bonds. The second-order valence-electron chi connectivity index (χ2n) is 6.41. The van der Waals surface area contributed by atoms with Crippen molar-refractivity contribution in [2.45, 2.75) is 33.4 Å². The van der Waals surface area contributed by atoms with E-state index in [0.29, 0.717) is 48.6 Å². The number of carbonyl (C=O) groups is 1. The van der Waals surface area contributed by atoms with E-state index in [1.165, 1.54) is 11.3 Å². The van der Waals surface area contributed by atoms with Gasteiger partial charge in [0, 0.05) is 36.6 Å². The van der Waals surface area contributed by atoms with Crippen LogP contribution < -0.4 is 10.6 Å². The van der Waals surface area contributed by atoms with Gasteiger partial charge in [-0.3, -0.25) is 4.79 Å². The van der Waals surface area contributed by atoms with E-state index >= 15 is 0 Å². The smallest absolute Gasteiger partial charge is 0.253 e. The molecule has 0 saturated carbocycles. The van der Waals surface area contributed by atoms with Crippen molar-refractivity contribution >= 4 is 58.8 Å². The maximum atomic E-state index is 12.4. The summed E-state index contributed by atoms with van der Waals surface area (Å²) in [6.07, 6.45) is -0.651. The fraction of sp³-hybridized carbons (Fsp3) is 0.429. The molecule has 2 rings (SSSR count). The normalized spacial score (nSPS) is 12.1. The molecule has 1 heterocycles. The average Bonchev–Trinajstić information content (AvgIpc) is 3.17. The van der Waals surface area contributed by atoms with Crippen LogP contribution in [0.1, 0.15) is 47.7 Å². The number of hydrogen-bond donors (Lipinski definition) is 3. The van der Waals surface area contributed by atoms with Gasteiger partial charge in [-0.2, -0.15) is 0 Å². The fourth-order valence-electron chi connectivity index (χ4n) is 2.76. The van der Waals surface area contributed by atoms with E-state index in [1.807, 2.05) is 51.1 Å². The van der Waals surface area contributed by atoms with E-state index < -0.39 is 6.10 Å². The molecule has 0 aliphatic carbocycles. The highest BCUT2D eigenvalue weighted by Crippen LogP contribution is 2.26. The van der Waals surface area contributed by atoms with Gasteiger partial charge >= 0.3 is 0 Å². The van der Waals surface area contributed by atoms with Crippen LogP contribution in [-0.2, 0) is 6.54 Å². The first-order chi connectivity index (χ1) is 14.0. The summed E-state index contributed by atoms with van der Waals surface area (Å²) in [5, 5.41) is 16.6. The minimum atomic E-state index is -0.651. The van der Waals surface area contributed by atoms with Gasteiger partial charge in [0.15, 0.2) is 5.96 Å². The molecule has 0 saturated heterocycles. The molecule has 1 unspecified atom stereocenters. The van der Waals surface area contributed by atoms with Crippen LogP contribution in [0, 0.1) is 0 Å². The van der Waals surface area contributed by atoms with Crippen LogP contribution in [-0.4, -0.2) is 48.1 Å². The Bertz CT molecular complexity index is 810. The number of rotatable bonds is 9. The van der Waals surface area contributed by atoms with Crippen LogP contribution >= 0.6 is 46.9 Å². The number of aliphatic hydroxyl groups is 1. The first kappa shape index (κ1) is 26.7. The van der Waals surface area contributed by atoms with Gasteiger partial charge in [-0.1, -0.05) is 23.7 Å². The van der Waals surface area contributed by atoms with Gasteiger partial charge in [0.05, 0.1) is 10.9 Å². The molecule has 3 N–H and O–H groups in total. The van der Waals surface area contributed by atoms with Crippen molar-refractivity contribution in [1.82, 2.24) is 15.5 Å². The van der Waals surface area contributed by atoms with Crippen LogP contribution in [0.25, 0.3) is 0 Å². The largest absolute Gasteiger partial charge is 0.386 e. The number of guanidine groups is 1. The Balaban J connectivity index is 0.00000450. The summed E-state index contributed by atoms with van der Waals surface area (Å²) in [5.74, 6) is 0.667. The van der Waals surface area contributed by atoms with Gasteiger partial charge in [0.2, 0.25) is 0 Å². The van der Waals surface area contributed by atoms with E-state index in [9.17, 15) is 9.90 Å². The zero-order valence-corrected chi connectivity index (χ0v) is 21.4. The number of aliphatic imine (C=N–C) groups is 1. The first-order valence-electron chi connectivity index (χ1n) is 9.82. The second kappa shape index (κ2) is 13.8. The molecule has 0 aliphatic rings. The van der Waals surface area contributed by atoms with Crippen molar-refractivity contribution in [2.24, 2.45) is 4.99 Å². The van der Waals surface area contributed by atoms with Crippen molar-refractivity contribution in [3.05, 3.63) is 56.7 Å². The number of halogens is 2.